The summed E-state index contributed by atoms with van der Waals surface area (Å²) in [6.07, 6.45) is 0. The predicted octanol–water partition coefficient (Wildman–Crippen LogP) is 2.60. The van der Waals surface area contributed by atoms with Crippen molar-refractivity contribution < 1.29 is 19.1 Å². The van der Waals surface area contributed by atoms with E-state index in [2.05, 4.69) is 17.1 Å². The van der Waals surface area contributed by atoms with Crippen molar-refractivity contribution >= 4 is 17.6 Å². The quantitative estimate of drug-likeness (QED) is 0.800. The van der Waals surface area contributed by atoms with E-state index in [4.69, 9.17) is 5.11 Å². The molecule has 0 bridgehead atoms. The minimum atomic E-state index is -0.998. The summed E-state index contributed by atoms with van der Waals surface area (Å²) >= 11 is 0. The second kappa shape index (κ2) is 8.84. The molecule has 0 aromatic heterocycles. The van der Waals surface area contributed by atoms with E-state index in [1.165, 1.54) is 18.2 Å². The lowest BCUT2D eigenvalue weighted by molar-refractivity contribution is 0.0696. The average molecular weight is 385 g/mol. The molecular weight excluding hydrogens is 361 g/mol. The monoisotopic (exact) mass is 385 g/mol. The third-order valence-electron chi connectivity index (χ3n) is 5.02. The maximum Gasteiger partial charge on any atom is 0.335 e. The van der Waals surface area contributed by atoms with E-state index >= 15 is 0 Å². The smallest absolute Gasteiger partial charge is 0.335 e. The largest absolute Gasteiger partial charge is 0.478 e. The predicted molar refractivity (Wildman–Crippen MR) is 105 cm³/mol. The van der Waals surface area contributed by atoms with Crippen LogP contribution < -0.4 is 10.2 Å². The number of carboxylic acids is 1. The van der Waals surface area contributed by atoms with Crippen molar-refractivity contribution in [3.05, 3.63) is 65.0 Å². The highest BCUT2D eigenvalue weighted by Crippen LogP contribution is 2.22. The topological polar surface area (TPSA) is 72.9 Å². The summed E-state index contributed by atoms with van der Waals surface area (Å²) in [4.78, 5) is 27.5. The summed E-state index contributed by atoms with van der Waals surface area (Å²) in [5, 5.41) is 11.6. The number of rotatable bonds is 6. The van der Waals surface area contributed by atoms with Crippen molar-refractivity contribution in [2.24, 2.45) is 0 Å². The molecule has 1 aliphatic heterocycles. The van der Waals surface area contributed by atoms with Crippen molar-refractivity contribution in [2.45, 2.75) is 13.5 Å². The molecule has 148 valence electrons. The van der Waals surface area contributed by atoms with E-state index in [0.29, 0.717) is 5.69 Å². The van der Waals surface area contributed by atoms with Gasteiger partial charge in [-0.05, 0) is 42.4 Å². The number of nitrogens with zero attached hydrogens (tertiary/aromatic N) is 2. The van der Waals surface area contributed by atoms with Crippen molar-refractivity contribution in [2.75, 3.05) is 37.6 Å². The third-order valence-corrected chi connectivity index (χ3v) is 5.02. The van der Waals surface area contributed by atoms with Gasteiger partial charge in [-0.25, -0.2) is 9.18 Å². The van der Waals surface area contributed by atoms with Crippen LogP contribution in [0.4, 0.5) is 10.1 Å². The number of amides is 1. The molecule has 1 fully saturated rings. The van der Waals surface area contributed by atoms with Gasteiger partial charge in [0.25, 0.3) is 5.91 Å². The molecule has 1 aliphatic rings. The molecule has 28 heavy (non-hydrogen) atoms. The number of piperazine rings is 1. The summed E-state index contributed by atoms with van der Waals surface area (Å²) in [6.45, 7) is 6.68. The second-order valence-corrected chi connectivity index (χ2v) is 6.77. The van der Waals surface area contributed by atoms with E-state index in [1.807, 2.05) is 4.90 Å². The number of anilines is 1. The first-order valence-corrected chi connectivity index (χ1v) is 9.35. The maximum atomic E-state index is 14.6. The molecule has 0 unspecified atom stereocenters. The fourth-order valence-corrected chi connectivity index (χ4v) is 3.26. The Morgan fingerprint density at radius 1 is 1.04 bits per heavy atom. The summed E-state index contributed by atoms with van der Waals surface area (Å²) < 4.78 is 14.6. The number of nitrogens with one attached hydrogen (secondary N) is 1. The number of likely N-dealkylation sites (N-methyl/N-ethyl adjacent to an activating group) is 1. The van der Waals surface area contributed by atoms with Crippen LogP contribution in [0.3, 0.4) is 0 Å². The summed E-state index contributed by atoms with van der Waals surface area (Å²) in [6, 6.07) is 10.8. The molecule has 6 nitrogen and oxygen atoms in total. The summed E-state index contributed by atoms with van der Waals surface area (Å²) in [5.41, 5.74) is 1.74. The number of carboxylic acid groups (broad SMARTS) is 1. The Labute approximate surface area is 163 Å². The molecule has 0 atom stereocenters. The Morgan fingerprint density at radius 2 is 1.68 bits per heavy atom. The maximum absolute atomic E-state index is 14.6. The van der Waals surface area contributed by atoms with E-state index < -0.39 is 11.8 Å². The van der Waals surface area contributed by atoms with Crippen molar-refractivity contribution in [1.82, 2.24) is 10.2 Å². The highest BCUT2D eigenvalue weighted by molar-refractivity contribution is 5.94. The Hall–Kier alpha value is -2.93. The van der Waals surface area contributed by atoms with E-state index in [9.17, 15) is 14.0 Å². The van der Waals surface area contributed by atoms with Gasteiger partial charge in [0.1, 0.15) is 5.82 Å². The second-order valence-electron chi connectivity index (χ2n) is 6.77. The van der Waals surface area contributed by atoms with Crippen LogP contribution in [-0.2, 0) is 6.54 Å². The number of carbonyl (C=O) groups excluding carboxylic acids is 1. The van der Waals surface area contributed by atoms with E-state index in [1.54, 1.807) is 24.3 Å². The minimum absolute atomic E-state index is 0.188. The number of benzene rings is 2. The molecule has 1 amide bonds. The van der Waals surface area contributed by atoms with Gasteiger partial charge in [-0.1, -0.05) is 19.1 Å². The zero-order valence-corrected chi connectivity index (χ0v) is 15.8. The van der Waals surface area contributed by atoms with Crippen LogP contribution in [0.5, 0.6) is 0 Å². The van der Waals surface area contributed by atoms with Gasteiger partial charge in [0.05, 0.1) is 11.3 Å². The summed E-state index contributed by atoms with van der Waals surface area (Å²) in [7, 11) is 0. The van der Waals surface area contributed by atoms with Crippen LogP contribution in [0.25, 0.3) is 0 Å². The van der Waals surface area contributed by atoms with Crippen LogP contribution in [-0.4, -0.2) is 54.6 Å². The third kappa shape index (κ3) is 4.67. The first-order valence-electron chi connectivity index (χ1n) is 9.35. The molecule has 2 aromatic rings. The Kier molecular flexibility index (Phi) is 6.26. The first-order chi connectivity index (χ1) is 13.5. The highest BCUT2D eigenvalue weighted by Gasteiger charge is 2.19. The van der Waals surface area contributed by atoms with Gasteiger partial charge >= 0.3 is 5.97 Å². The number of carbonyl (C=O) groups is 2. The van der Waals surface area contributed by atoms with Crippen molar-refractivity contribution in [1.29, 1.82) is 0 Å². The number of hydrogen-bond acceptors (Lipinski definition) is 4. The SMILES string of the molecule is CCN1CCN(c2ccc(C(=O)NCc3ccc(C(=O)O)cc3)cc2F)CC1. The van der Waals surface area contributed by atoms with E-state index in [-0.39, 0.29) is 23.6 Å². The van der Waals surface area contributed by atoms with Crippen LogP contribution >= 0.6 is 0 Å². The molecule has 2 aromatic carbocycles. The molecular formula is C21H24FN3O3. The Bertz CT molecular complexity index is 846. The van der Waals surface area contributed by atoms with Gasteiger partial charge in [0.15, 0.2) is 0 Å². The van der Waals surface area contributed by atoms with E-state index in [0.717, 1.165) is 38.3 Å². The number of hydrogen-bond donors (Lipinski definition) is 2. The molecule has 0 spiro atoms. The van der Waals surface area contributed by atoms with Crippen LogP contribution in [0.1, 0.15) is 33.2 Å². The molecule has 2 N–H and O–H groups in total. The fourth-order valence-electron chi connectivity index (χ4n) is 3.26. The van der Waals surface area contributed by atoms with Gasteiger partial charge in [-0.15, -0.1) is 0 Å². The lowest BCUT2D eigenvalue weighted by Gasteiger charge is -2.35. The van der Waals surface area contributed by atoms with Crippen LogP contribution in [0.2, 0.25) is 0 Å². The molecule has 3 rings (SSSR count). The van der Waals surface area contributed by atoms with Crippen molar-refractivity contribution in [3.8, 4) is 0 Å². The minimum Gasteiger partial charge on any atom is -0.478 e. The van der Waals surface area contributed by atoms with Gasteiger partial charge in [0, 0.05) is 38.3 Å². The zero-order chi connectivity index (χ0) is 20.1. The van der Waals surface area contributed by atoms with Crippen LogP contribution in [0, 0.1) is 5.82 Å². The molecule has 1 saturated heterocycles. The van der Waals surface area contributed by atoms with Gasteiger partial charge < -0.3 is 20.2 Å². The standard InChI is InChI=1S/C21H24FN3O3/c1-2-24-9-11-25(12-10-24)19-8-7-17(13-18(19)22)20(26)23-14-15-3-5-16(6-4-15)21(27)28/h3-8,13H,2,9-12,14H2,1H3,(H,23,26)(H,27,28). The van der Waals surface area contributed by atoms with Gasteiger partial charge in [-0.2, -0.15) is 0 Å². The number of aromatic carboxylic acids is 1. The fraction of sp³-hybridized carbons (Fsp3) is 0.333. The Balaban J connectivity index is 1.60. The van der Waals surface area contributed by atoms with Crippen LogP contribution in [0.15, 0.2) is 42.5 Å². The molecule has 1 heterocycles. The van der Waals surface area contributed by atoms with Crippen molar-refractivity contribution in [3.63, 3.8) is 0 Å². The molecule has 7 heteroatoms. The lowest BCUT2D eigenvalue weighted by Crippen LogP contribution is -2.46. The lowest BCUT2D eigenvalue weighted by atomic mass is 10.1. The zero-order valence-electron chi connectivity index (χ0n) is 15.8. The highest BCUT2D eigenvalue weighted by atomic mass is 19.1. The van der Waals surface area contributed by atoms with Gasteiger partial charge in [-0.3, -0.25) is 4.79 Å². The molecule has 0 saturated carbocycles. The first kappa shape index (κ1) is 19.8. The average Bonchev–Trinajstić information content (AvgIpc) is 2.72. The normalized spacial score (nSPS) is 14.7. The molecule has 0 aliphatic carbocycles. The Morgan fingerprint density at radius 3 is 2.25 bits per heavy atom. The van der Waals surface area contributed by atoms with Gasteiger partial charge in [0.2, 0.25) is 0 Å². The summed E-state index contributed by atoms with van der Waals surface area (Å²) in [5.74, 6) is -1.77. The number of halogens is 1. The molecule has 0 radical (unpaired) electrons.